The van der Waals surface area contributed by atoms with E-state index in [1.54, 1.807) is 19.2 Å². The molecule has 1 aromatic carbocycles. The molecule has 2 heterocycles. The zero-order valence-electron chi connectivity index (χ0n) is 22.4. The van der Waals surface area contributed by atoms with Gasteiger partial charge in [0.1, 0.15) is 11.7 Å². The number of nitrogens with one attached hydrogen (secondary N) is 3. The van der Waals surface area contributed by atoms with Gasteiger partial charge in [-0.2, -0.15) is 10.2 Å². The fourth-order valence-corrected chi connectivity index (χ4v) is 5.58. The minimum atomic E-state index is -0.637. The standard InChI is InChI=1S/C29H38N6O3/c1-4-22-26(23(5-2)34-33-22)20-10-12-21(13-11-20)31-29(38)27(25(18-6-7-18)19-8-9-19)32-28(37)24-14-15-30-35(24)17(3)16-36/h10-15,17-19,25,27,36H,4-9,16H2,1-3H3,(H,31,38)(H,32,37)(H,33,34)/t17-,27+/m1/s1. The first-order chi connectivity index (χ1) is 18.4. The van der Waals surface area contributed by atoms with Crippen LogP contribution in [0.15, 0.2) is 36.5 Å². The van der Waals surface area contributed by atoms with Crippen LogP contribution in [0.25, 0.3) is 11.1 Å². The number of aromatic amines is 1. The second-order valence-electron chi connectivity index (χ2n) is 10.7. The summed E-state index contributed by atoms with van der Waals surface area (Å²) in [5.74, 6) is 0.508. The molecule has 0 unspecified atom stereocenters. The second kappa shape index (κ2) is 11.1. The monoisotopic (exact) mass is 518 g/mol. The van der Waals surface area contributed by atoms with E-state index in [2.05, 4.69) is 39.8 Å². The van der Waals surface area contributed by atoms with E-state index in [0.717, 1.165) is 61.0 Å². The zero-order valence-corrected chi connectivity index (χ0v) is 22.4. The maximum atomic E-state index is 13.7. The molecule has 0 saturated heterocycles. The van der Waals surface area contributed by atoms with Gasteiger partial charge < -0.3 is 15.7 Å². The molecule has 3 aromatic rings. The molecule has 202 valence electrons. The van der Waals surface area contributed by atoms with Gasteiger partial charge in [0, 0.05) is 23.1 Å². The number of aliphatic hydroxyl groups is 1. The van der Waals surface area contributed by atoms with E-state index in [0.29, 0.717) is 23.2 Å². The van der Waals surface area contributed by atoms with Crippen LogP contribution in [0.4, 0.5) is 5.69 Å². The van der Waals surface area contributed by atoms with Crippen molar-refractivity contribution < 1.29 is 14.7 Å². The van der Waals surface area contributed by atoms with Crippen LogP contribution in [0.5, 0.6) is 0 Å². The highest BCUT2D eigenvalue weighted by molar-refractivity contribution is 6.01. The molecule has 2 aliphatic rings. The summed E-state index contributed by atoms with van der Waals surface area (Å²) in [6, 6.07) is 8.51. The minimum absolute atomic E-state index is 0.120. The lowest BCUT2D eigenvalue weighted by Crippen LogP contribution is -2.50. The van der Waals surface area contributed by atoms with Gasteiger partial charge in [0.15, 0.2) is 0 Å². The first kappa shape index (κ1) is 26.2. The van der Waals surface area contributed by atoms with Crippen LogP contribution < -0.4 is 10.6 Å². The van der Waals surface area contributed by atoms with Gasteiger partial charge in [-0.05, 0) is 87.0 Å². The molecule has 2 fully saturated rings. The van der Waals surface area contributed by atoms with Gasteiger partial charge in [0.25, 0.3) is 5.91 Å². The number of anilines is 1. The third-order valence-electron chi connectivity index (χ3n) is 7.92. The number of aliphatic hydroxyl groups excluding tert-OH is 1. The van der Waals surface area contributed by atoms with E-state index in [-0.39, 0.29) is 30.4 Å². The van der Waals surface area contributed by atoms with Crippen LogP contribution in [0, 0.1) is 17.8 Å². The van der Waals surface area contributed by atoms with Crippen molar-refractivity contribution in [3.05, 3.63) is 53.6 Å². The number of carbonyl (C=O) groups is 2. The Morgan fingerprint density at radius 1 is 1.08 bits per heavy atom. The topological polar surface area (TPSA) is 125 Å². The van der Waals surface area contributed by atoms with E-state index < -0.39 is 6.04 Å². The number of carbonyl (C=O) groups excluding carboxylic acids is 2. The van der Waals surface area contributed by atoms with Gasteiger partial charge in [0.05, 0.1) is 18.3 Å². The number of benzene rings is 1. The van der Waals surface area contributed by atoms with Crippen molar-refractivity contribution in [2.45, 2.75) is 71.4 Å². The van der Waals surface area contributed by atoms with Crippen LogP contribution in [0.3, 0.4) is 0 Å². The molecule has 0 aliphatic heterocycles. The summed E-state index contributed by atoms with van der Waals surface area (Å²) in [4.78, 5) is 27.1. The molecule has 2 aromatic heterocycles. The smallest absolute Gasteiger partial charge is 0.270 e. The molecule has 5 rings (SSSR count). The van der Waals surface area contributed by atoms with Crippen molar-refractivity contribution in [2.75, 3.05) is 11.9 Å². The van der Waals surface area contributed by atoms with Gasteiger partial charge >= 0.3 is 0 Å². The van der Waals surface area contributed by atoms with Crippen LogP contribution in [0.1, 0.15) is 74.4 Å². The Labute approximate surface area is 223 Å². The van der Waals surface area contributed by atoms with Crippen molar-refractivity contribution >= 4 is 17.5 Å². The predicted octanol–water partition coefficient (Wildman–Crippen LogP) is 4.12. The molecule has 9 nitrogen and oxygen atoms in total. The summed E-state index contributed by atoms with van der Waals surface area (Å²) in [6.07, 6.45) is 7.63. The molecular weight excluding hydrogens is 480 g/mol. The fraction of sp³-hybridized carbons (Fsp3) is 0.517. The van der Waals surface area contributed by atoms with Gasteiger partial charge in [-0.3, -0.25) is 19.4 Å². The van der Waals surface area contributed by atoms with E-state index in [9.17, 15) is 14.7 Å². The quantitative estimate of drug-likeness (QED) is 0.287. The van der Waals surface area contributed by atoms with Crippen molar-refractivity contribution in [1.29, 1.82) is 0 Å². The molecule has 2 atom stereocenters. The molecule has 2 amide bonds. The fourth-order valence-electron chi connectivity index (χ4n) is 5.58. The summed E-state index contributed by atoms with van der Waals surface area (Å²) in [5.41, 5.74) is 5.38. The number of amides is 2. The molecule has 2 aliphatic carbocycles. The van der Waals surface area contributed by atoms with Crippen LogP contribution in [-0.2, 0) is 17.6 Å². The zero-order chi connectivity index (χ0) is 26.8. The molecule has 9 heteroatoms. The van der Waals surface area contributed by atoms with Gasteiger partial charge in [-0.25, -0.2) is 0 Å². The summed E-state index contributed by atoms with van der Waals surface area (Å²) in [5, 5.41) is 27.5. The maximum Gasteiger partial charge on any atom is 0.270 e. The van der Waals surface area contributed by atoms with Crippen LogP contribution in [-0.4, -0.2) is 49.5 Å². The average molecular weight is 519 g/mol. The molecule has 2 saturated carbocycles. The van der Waals surface area contributed by atoms with E-state index in [1.807, 2.05) is 24.3 Å². The number of rotatable bonds is 12. The Bertz CT molecular complexity index is 1240. The summed E-state index contributed by atoms with van der Waals surface area (Å²) in [7, 11) is 0. The van der Waals surface area contributed by atoms with Crippen molar-refractivity contribution in [3.63, 3.8) is 0 Å². The van der Waals surface area contributed by atoms with Crippen molar-refractivity contribution in [1.82, 2.24) is 25.3 Å². The van der Waals surface area contributed by atoms with Crippen molar-refractivity contribution in [3.8, 4) is 11.1 Å². The van der Waals surface area contributed by atoms with E-state index in [1.165, 1.54) is 4.68 Å². The third kappa shape index (κ3) is 5.38. The highest BCUT2D eigenvalue weighted by Gasteiger charge is 2.48. The predicted molar refractivity (Wildman–Crippen MR) is 146 cm³/mol. The first-order valence-corrected chi connectivity index (χ1v) is 13.9. The van der Waals surface area contributed by atoms with Crippen molar-refractivity contribution in [2.24, 2.45) is 17.8 Å². The molecule has 0 spiro atoms. The summed E-state index contributed by atoms with van der Waals surface area (Å²) < 4.78 is 1.51. The lowest BCUT2D eigenvalue weighted by Gasteiger charge is -2.28. The maximum absolute atomic E-state index is 13.7. The third-order valence-corrected chi connectivity index (χ3v) is 7.92. The highest BCUT2D eigenvalue weighted by Crippen LogP contribution is 2.51. The number of H-pyrrole nitrogens is 1. The molecule has 38 heavy (non-hydrogen) atoms. The second-order valence-corrected chi connectivity index (χ2v) is 10.7. The number of aryl methyl sites for hydroxylation is 2. The number of hydrogen-bond acceptors (Lipinski definition) is 5. The first-order valence-electron chi connectivity index (χ1n) is 13.9. The number of aromatic nitrogens is 4. The molecular formula is C29H38N6O3. The van der Waals surface area contributed by atoms with E-state index in [4.69, 9.17) is 0 Å². The molecule has 0 radical (unpaired) electrons. The van der Waals surface area contributed by atoms with Gasteiger partial charge in [-0.1, -0.05) is 26.0 Å². The minimum Gasteiger partial charge on any atom is -0.394 e. The Balaban J connectivity index is 1.36. The number of hydrogen-bond donors (Lipinski definition) is 4. The number of nitrogens with zero attached hydrogens (tertiary/aromatic N) is 3. The normalized spacial score (nSPS) is 16.9. The average Bonchev–Trinajstić information content (AvgIpc) is 3.86. The molecule has 0 bridgehead atoms. The largest absolute Gasteiger partial charge is 0.394 e. The van der Waals surface area contributed by atoms with Crippen LogP contribution in [0.2, 0.25) is 0 Å². The summed E-state index contributed by atoms with van der Waals surface area (Å²) >= 11 is 0. The molecule has 4 N–H and O–H groups in total. The van der Waals surface area contributed by atoms with Crippen LogP contribution >= 0.6 is 0 Å². The Hall–Kier alpha value is -3.46. The highest BCUT2D eigenvalue weighted by atomic mass is 16.3. The summed E-state index contributed by atoms with van der Waals surface area (Å²) in [6.45, 7) is 5.86. The van der Waals surface area contributed by atoms with E-state index >= 15 is 0 Å². The lowest BCUT2D eigenvalue weighted by molar-refractivity contribution is -0.119. The van der Waals surface area contributed by atoms with Gasteiger partial charge in [0.2, 0.25) is 5.91 Å². The SMILES string of the molecule is CCc1n[nH]c(CC)c1-c1ccc(NC(=O)[C@@H](NC(=O)c2ccnn2[C@H](C)CO)C(C2CC2)C2CC2)cc1. The lowest BCUT2D eigenvalue weighted by atomic mass is 9.88. The van der Waals surface area contributed by atoms with Gasteiger partial charge in [-0.15, -0.1) is 0 Å². The Morgan fingerprint density at radius 2 is 1.76 bits per heavy atom. The Kier molecular flexibility index (Phi) is 7.65. The Morgan fingerprint density at radius 3 is 2.34 bits per heavy atom.